The number of aldehydes is 1. The molecule has 6 nitrogen and oxygen atoms in total. The fraction of sp³-hybridized carbons (Fsp3) is 0.214. The second-order valence-electron chi connectivity index (χ2n) is 3.96. The first-order chi connectivity index (χ1) is 10.0. The minimum absolute atomic E-state index is 0.0404. The van der Waals surface area contributed by atoms with E-state index >= 15 is 0 Å². The Bertz CT molecular complexity index is 643. The van der Waals surface area contributed by atoms with Gasteiger partial charge in [-0.05, 0) is 22.4 Å². The largest absolute Gasteiger partial charge is 0.389 e. The Balaban J connectivity index is 2.54. The molecular formula is C14H15NO5S. The summed E-state index contributed by atoms with van der Waals surface area (Å²) >= 11 is 0. The molecule has 0 heterocycles. The molecular weight excluding hydrogens is 294 g/mol. The van der Waals surface area contributed by atoms with Gasteiger partial charge in [-0.3, -0.25) is 9.35 Å². The zero-order chi connectivity index (χ0) is 15.6. The maximum atomic E-state index is 10.6. The number of benzene rings is 1. The first-order valence-electron chi connectivity index (χ1n) is 6.10. The SMILES string of the molecule is O=CC=C(C=C=NOCCCS(=O)(=O)O)c1ccccc1. The van der Waals surface area contributed by atoms with Crippen molar-refractivity contribution in [3.8, 4) is 0 Å². The van der Waals surface area contributed by atoms with Gasteiger partial charge in [0, 0.05) is 18.4 Å². The van der Waals surface area contributed by atoms with E-state index in [9.17, 15) is 13.2 Å². The lowest BCUT2D eigenvalue weighted by Crippen LogP contribution is -2.05. The number of rotatable bonds is 8. The molecule has 0 fully saturated rings. The van der Waals surface area contributed by atoms with Gasteiger partial charge in [0.05, 0.1) is 5.75 Å². The van der Waals surface area contributed by atoms with Crippen LogP contribution >= 0.6 is 0 Å². The van der Waals surface area contributed by atoms with Gasteiger partial charge in [0.1, 0.15) is 12.9 Å². The fourth-order valence-corrected chi connectivity index (χ4v) is 1.90. The standard InChI is InChI=1S/C14H15NO5S/c16-10-8-14(13-5-2-1-3-6-13)7-9-15-20-11-4-12-21(17,18)19/h1-3,5-8,10H,4,11-12H2,(H,17,18,19). The topological polar surface area (TPSA) is 93.0 Å². The van der Waals surface area contributed by atoms with Gasteiger partial charge in [0.25, 0.3) is 10.1 Å². The minimum Gasteiger partial charge on any atom is -0.389 e. The van der Waals surface area contributed by atoms with Gasteiger partial charge < -0.3 is 4.84 Å². The Labute approximate surface area is 123 Å². The van der Waals surface area contributed by atoms with Crippen molar-refractivity contribution in [3.63, 3.8) is 0 Å². The van der Waals surface area contributed by atoms with Crippen LogP contribution in [0.4, 0.5) is 0 Å². The smallest absolute Gasteiger partial charge is 0.264 e. The van der Waals surface area contributed by atoms with E-state index in [4.69, 9.17) is 9.39 Å². The molecule has 1 N–H and O–H groups in total. The highest BCUT2D eigenvalue weighted by Crippen LogP contribution is 2.13. The predicted molar refractivity (Wildman–Crippen MR) is 79.5 cm³/mol. The molecule has 0 saturated carbocycles. The van der Waals surface area contributed by atoms with Gasteiger partial charge >= 0.3 is 0 Å². The van der Waals surface area contributed by atoms with Crippen molar-refractivity contribution in [2.24, 2.45) is 5.16 Å². The molecule has 0 aliphatic heterocycles. The molecule has 0 radical (unpaired) electrons. The average Bonchev–Trinajstić information content (AvgIpc) is 2.45. The Morgan fingerprint density at radius 3 is 2.67 bits per heavy atom. The number of allylic oxidation sites excluding steroid dienone is 3. The quantitative estimate of drug-likeness (QED) is 0.150. The van der Waals surface area contributed by atoms with Gasteiger partial charge in [-0.15, -0.1) is 0 Å². The Morgan fingerprint density at radius 2 is 2.05 bits per heavy atom. The van der Waals surface area contributed by atoms with Crippen molar-refractivity contribution in [3.05, 3.63) is 48.0 Å². The monoisotopic (exact) mass is 309 g/mol. The third kappa shape index (κ3) is 7.84. The molecule has 0 aliphatic rings. The van der Waals surface area contributed by atoms with E-state index in [1.54, 1.807) is 0 Å². The second kappa shape index (κ2) is 8.86. The first-order valence-corrected chi connectivity index (χ1v) is 7.70. The van der Waals surface area contributed by atoms with Crippen LogP contribution in [-0.4, -0.2) is 37.5 Å². The van der Waals surface area contributed by atoms with Gasteiger partial charge in [-0.2, -0.15) is 8.42 Å². The summed E-state index contributed by atoms with van der Waals surface area (Å²) in [5.74, 6) is 2.12. The zero-order valence-corrected chi connectivity index (χ0v) is 12.0. The van der Waals surface area contributed by atoms with E-state index in [1.165, 1.54) is 12.2 Å². The first kappa shape index (κ1) is 16.8. The van der Waals surface area contributed by atoms with Crippen LogP contribution in [0.5, 0.6) is 0 Å². The molecule has 21 heavy (non-hydrogen) atoms. The van der Waals surface area contributed by atoms with Crippen molar-refractivity contribution in [1.29, 1.82) is 0 Å². The maximum Gasteiger partial charge on any atom is 0.264 e. The van der Waals surface area contributed by atoms with Crippen molar-refractivity contribution in [1.82, 2.24) is 0 Å². The third-order valence-electron chi connectivity index (χ3n) is 2.33. The molecule has 1 rings (SSSR count). The van der Waals surface area contributed by atoms with Crippen molar-refractivity contribution < 1.29 is 22.6 Å². The lowest BCUT2D eigenvalue weighted by Gasteiger charge is -1.98. The molecule has 0 aliphatic carbocycles. The number of nitrogens with zero attached hydrogens (tertiary/aromatic N) is 1. The van der Waals surface area contributed by atoms with Crippen LogP contribution in [0.2, 0.25) is 0 Å². The summed E-state index contributed by atoms with van der Waals surface area (Å²) in [6, 6.07) is 9.20. The minimum atomic E-state index is -3.97. The van der Waals surface area contributed by atoms with Crippen LogP contribution < -0.4 is 0 Å². The van der Waals surface area contributed by atoms with Gasteiger partial charge in [-0.25, -0.2) is 0 Å². The summed E-state index contributed by atoms with van der Waals surface area (Å²) in [6.07, 6.45) is 3.63. The van der Waals surface area contributed by atoms with Crippen molar-refractivity contribution >= 4 is 27.8 Å². The lowest BCUT2D eigenvalue weighted by atomic mass is 10.1. The van der Waals surface area contributed by atoms with E-state index < -0.39 is 10.1 Å². The molecule has 0 unspecified atom stereocenters. The molecule has 0 saturated heterocycles. The Morgan fingerprint density at radius 1 is 1.33 bits per heavy atom. The second-order valence-corrected chi connectivity index (χ2v) is 5.53. The number of carbonyl (C=O) groups is 1. The summed E-state index contributed by atoms with van der Waals surface area (Å²) in [7, 11) is -3.97. The van der Waals surface area contributed by atoms with E-state index in [-0.39, 0.29) is 18.8 Å². The summed E-state index contributed by atoms with van der Waals surface area (Å²) in [5.41, 5.74) is 1.45. The van der Waals surface area contributed by atoms with Crippen LogP contribution in [0.1, 0.15) is 12.0 Å². The third-order valence-corrected chi connectivity index (χ3v) is 3.13. The molecule has 0 atom stereocenters. The average molecular weight is 309 g/mol. The fourth-order valence-electron chi connectivity index (χ4n) is 1.42. The number of hydrogen-bond donors (Lipinski definition) is 1. The van der Waals surface area contributed by atoms with Crippen LogP contribution in [0.15, 0.2) is 47.6 Å². The molecule has 1 aromatic carbocycles. The molecule has 0 bridgehead atoms. The van der Waals surface area contributed by atoms with Crippen LogP contribution in [-0.2, 0) is 19.8 Å². The summed E-state index contributed by atoms with van der Waals surface area (Å²) in [5, 5.41) is 3.50. The van der Waals surface area contributed by atoms with Gasteiger partial charge in [0.15, 0.2) is 0 Å². The van der Waals surface area contributed by atoms with Crippen molar-refractivity contribution in [2.45, 2.75) is 6.42 Å². The number of hydrogen-bond acceptors (Lipinski definition) is 5. The molecule has 0 spiro atoms. The van der Waals surface area contributed by atoms with Crippen LogP contribution in [0.25, 0.3) is 5.57 Å². The van der Waals surface area contributed by atoms with E-state index in [1.807, 2.05) is 30.3 Å². The van der Waals surface area contributed by atoms with E-state index in [2.05, 4.69) is 11.0 Å². The molecule has 1 aromatic rings. The lowest BCUT2D eigenvalue weighted by molar-refractivity contribution is -0.104. The van der Waals surface area contributed by atoms with Crippen LogP contribution in [0.3, 0.4) is 0 Å². The normalized spacial score (nSPS) is 11.4. The molecule has 0 aromatic heterocycles. The highest BCUT2D eigenvalue weighted by atomic mass is 32.2. The van der Waals surface area contributed by atoms with Gasteiger partial charge in [0.2, 0.25) is 0 Å². The van der Waals surface area contributed by atoms with Crippen LogP contribution in [0, 0.1) is 0 Å². The molecule has 7 heteroatoms. The Hall–Kier alpha value is -2.21. The highest BCUT2D eigenvalue weighted by molar-refractivity contribution is 7.85. The highest BCUT2D eigenvalue weighted by Gasteiger charge is 2.02. The molecule has 0 amide bonds. The van der Waals surface area contributed by atoms with Crippen molar-refractivity contribution in [2.75, 3.05) is 12.4 Å². The summed E-state index contributed by atoms with van der Waals surface area (Å²) < 4.78 is 29.4. The van der Waals surface area contributed by atoms with E-state index in [0.717, 1.165) is 5.56 Å². The van der Waals surface area contributed by atoms with Gasteiger partial charge in [-0.1, -0.05) is 30.3 Å². The number of carbonyl (C=O) groups excluding carboxylic acids is 1. The van der Waals surface area contributed by atoms with E-state index in [0.29, 0.717) is 11.9 Å². The summed E-state index contributed by atoms with van der Waals surface area (Å²) in [4.78, 5) is 15.4. The molecule has 112 valence electrons. The Kier molecular flexibility index (Phi) is 7.11. The summed E-state index contributed by atoms with van der Waals surface area (Å²) in [6.45, 7) is 0.0404. The predicted octanol–water partition coefficient (Wildman–Crippen LogP) is 1.70. The maximum absolute atomic E-state index is 10.6. The zero-order valence-electron chi connectivity index (χ0n) is 11.2.